The molecule has 0 aliphatic carbocycles. The van der Waals surface area contributed by atoms with Gasteiger partial charge in [-0.15, -0.1) is 0 Å². The molecule has 1 aliphatic heterocycles. The number of benzene rings is 2. The van der Waals surface area contributed by atoms with Gasteiger partial charge in [-0.25, -0.2) is 18.0 Å². The zero-order valence-electron chi connectivity index (χ0n) is 17.9. The first-order chi connectivity index (χ1) is 15.3. The third-order valence-corrected chi connectivity index (χ3v) is 7.48. The van der Waals surface area contributed by atoms with Crippen molar-refractivity contribution in [3.8, 4) is 0 Å². The monoisotopic (exact) mass is 480 g/mol. The van der Waals surface area contributed by atoms with Crippen molar-refractivity contribution < 1.29 is 27.5 Å². The Morgan fingerprint density at radius 3 is 2.28 bits per heavy atom. The second-order valence-electron chi connectivity index (χ2n) is 7.35. The molecule has 2 aromatic carbocycles. The molecule has 32 heavy (non-hydrogen) atoms. The van der Waals surface area contributed by atoms with Gasteiger partial charge in [0.25, 0.3) is 0 Å². The molecule has 0 unspecified atom stereocenters. The Morgan fingerprint density at radius 2 is 1.62 bits per heavy atom. The van der Waals surface area contributed by atoms with Gasteiger partial charge in [-0.05, 0) is 48.9 Å². The van der Waals surface area contributed by atoms with Crippen LogP contribution in [-0.4, -0.2) is 70.0 Å². The molecular formula is C22H25ClN2O6S. The second-order valence-corrected chi connectivity index (χ2v) is 9.70. The number of ether oxygens (including phenoxy) is 2. The molecule has 8 nitrogen and oxygen atoms in total. The van der Waals surface area contributed by atoms with Gasteiger partial charge in [0.05, 0.1) is 30.2 Å². The molecule has 1 heterocycles. The van der Waals surface area contributed by atoms with Crippen molar-refractivity contribution in [1.82, 2.24) is 9.21 Å². The van der Waals surface area contributed by atoms with E-state index >= 15 is 0 Å². The molecule has 0 spiro atoms. The number of hydrogen-bond donors (Lipinski definition) is 0. The van der Waals surface area contributed by atoms with Crippen molar-refractivity contribution >= 4 is 33.6 Å². The van der Waals surface area contributed by atoms with Gasteiger partial charge in [-0.3, -0.25) is 4.90 Å². The standard InChI is InChI=1S/C22H25ClN2O6S/c1-30-21(26)17-6-9-19(22(27)31-2)20(14-17)32(28,29)25-11-3-10-24(12-13-25)15-16-4-7-18(23)8-5-16/h4-9,14H,3,10-13,15H2,1-2H3. The maximum atomic E-state index is 13.5. The van der Waals surface area contributed by atoms with E-state index in [1.807, 2.05) is 24.3 Å². The Kier molecular flexibility index (Phi) is 7.89. The molecule has 3 rings (SSSR count). The van der Waals surface area contributed by atoms with Gasteiger partial charge >= 0.3 is 11.9 Å². The van der Waals surface area contributed by atoms with E-state index in [9.17, 15) is 18.0 Å². The van der Waals surface area contributed by atoms with Crippen LogP contribution < -0.4 is 0 Å². The average molecular weight is 481 g/mol. The molecule has 0 radical (unpaired) electrons. The Hall–Kier alpha value is -2.46. The number of carbonyl (C=O) groups excluding carboxylic acids is 2. The number of carbonyl (C=O) groups is 2. The van der Waals surface area contributed by atoms with E-state index in [1.165, 1.54) is 36.7 Å². The van der Waals surface area contributed by atoms with Gasteiger partial charge in [0.15, 0.2) is 0 Å². The highest BCUT2D eigenvalue weighted by Crippen LogP contribution is 2.25. The van der Waals surface area contributed by atoms with Crippen LogP contribution in [0.15, 0.2) is 47.4 Å². The summed E-state index contributed by atoms with van der Waals surface area (Å²) in [6, 6.07) is 11.3. The smallest absolute Gasteiger partial charge is 0.339 e. The number of nitrogens with zero attached hydrogens (tertiary/aromatic N) is 2. The second kappa shape index (κ2) is 10.4. The fourth-order valence-corrected chi connectivity index (χ4v) is 5.39. The molecule has 1 aliphatic rings. The van der Waals surface area contributed by atoms with E-state index in [1.54, 1.807) is 0 Å². The number of methoxy groups -OCH3 is 2. The summed E-state index contributed by atoms with van der Waals surface area (Å²) in [5.41, 5.74) is 1.00. The predicted octanol–water partition coefficient (Wildman–Crippen LogP) is 2.81. The highest BCUT2D eigenvalue weighted by Gasteiger charge is 2.32. The SMILES string of the molecule is COC(=O)c1ccc(C(=O)OC)c(S(=O)(=O)N2CCCN(Cc3ccc(Cl)cc3)CC2)c1. The van der Waals surface area contributed by atoms with Crippen molar-refractivity contribution in [2.75, 3.05) is 40.4 Å². The topological polar surface area (TPSA) is 93.2 Å². The van der Waals surface area contributed by atoms with Gasteiger partial charge in [0.1, 0.15) is 0 Å². The van der Waals surface area contributed by atoms with Gasteiger partial charge in [0.2, 0.25) is 10.0 Å². The molecule has 0 atom stereocenters. The summed E-state index contributed by atoms with van der Waals surface area (Å²) in [5.74, 6) is -1.48. The highest BCUT2D eigenvalue weighted by molar-refractivity contribution is 7.89. The molecule has 0 saturated carbocycles. The maximum absolute atomic E-state index is 13.5. The zero-order chi connectivity index (χ0) is 23.3. The molecule has 2 aromatic rings. The zero-order valence-corrected chi connectivity index (χ0v) is 19.5. The number of halogens is 1. The fraction of sp³-hybridized carbons (Fsp3) is 0.364. The van der Waals surface area contributed by atoms with E-state index in [0.717, 1.165) is 12.1 Å². The number of rotatable bonds is 6. The maximum Gasteiger partial charge on any atom is 0.339 e. The lowest BCUT2D eigenvalue weighted by molar-refractivity contribution is 0.0583. The summed E-state index contributed by atoms with van der Waals surface area (Å²) in [6.45, 7) is 2.46. The lowest BCUT2D eigenvalue weighted by Gasteiger charge is -2.23. The van der Waals surface area contributed by atoms with E-state index in [4.69, 9.17) is 21.1 Å². The van der Waals surface area contributed by atoms with Crippen molar-refractivity contribution in [2.45, 2.75) is 17.9 Å². The van der Waals surface area contributed by atoms with E-state index in [-0.39, 0.29) is 22.6 Å². The summed E-state index contributed by atoms with van der Waals surface area (Å²) in [5, 5.41) is 0.664. The minimum Gasteiger partial charge on any atom is -0.465 e. The third-order valence-electron chi connectivity index (χ3n) is 5.29. The van der Waals surface area contributed by atoms with Crippen LogP contribution in [0.25, 0.3) is 0 Å². The number of hydrogen-bond acceptors (Lipinski definition) is 7. The minimum atomic E-state index is -4.06. The summed E-state index contributed by atoms with van der Waals surface area (Å²) in [4.78, 5) is 26.1. The van der Waals surface area contributed by atoms with Gasteiger partial charge in [-0.1, -0.05) is 23.7 Å². The molecule has 0 aromatic heterocycles. The highest BCUT2D eigenvalue weighted by atomic mass is 35.5. The van der Waals surface area contributed by atoms with Gasteiger partial charge in [-0.2, -0.15) is 4.31 Å². The minimum absolute atomic E-state index is 0.0397. The summed E-state index contributed by atoms with van der Waals surface area (Å²) >= 11 is 5.94. The number of esters is 2. The molecule has 172 valence electrons. The van der Waals surface area contributed by atoms with Crippen LogP contribution in [0, 0.1) is 0 Å². The van der Waals surface area contributed by atoms with Crippen molar-refractivity contribution in [3.63, 3.8) is 0 Å². The van der Waals surface area contributed by atoms with Crippen LogP contribution in [0.4, 0.5) is 0 Å². The van der Waals surface area contributed by atoms with E-state index in [2.05, 4.69) is 4.90 Å². The van der Waals surface area contributed by atoms with Crippen molar-refractivity contribution in [2.24, 2.45) is 0 Å². The third kappa shape index (κ3) is 5.47. The molecular weight excluding hydrogens is 456 g/mol. The first-order valence-corrected chi connectivity index (χ1v) is 11.9. The normalized spacial score (nSPS) is 15.7. The Morgan fingerprint density at radius 1 is 0.938 bits per heavy atom. The summed E-state index contributed by atoms with van der Waals surface area (Å²) < 4.78 is 37.7. The molecule has 0 N–H and O–H groups in total. The van der Waals surface area contributed by atoms with Crippen LogP contribution in [0.5, 0.6) is 0 Å². The van der Waals surface area contributed by atoms with Crippen molar-refractivity contribution in [1.29, 1.82) is 0 Å². The Balaban J connectivity index is 1.84. The first-order valence-electron chi connectivity index (χ1n) is 10.0. The lowest BCUT2D eigenvalue weighted by Crippen LogP contribution is -2.36. The Labute approximate surface area is 192 Å². The Bertz CT molecular complexity index is 1090. The van der Waals surface area contributed by atoms with Crippen LogP contribution in [0.2, 0.25) is 5.02 Å². The predicted molar refractivity (Wildman–Crippen MR) is 119 cm³/mol. The fourth-order valence-electron chi connectivity index (χ4n) is 3.59. The summed E-state index contributed by atoms with van der Waals surface area (Å²) in [7, 11) is -1.68. The van der Waals surface area contributed by atoms with Crippen molar-refractivity contribution in [3.05, 3.63) is 64.2 Å². The molecule has 10 heteroatoms. The van der Waals surface area contributed by atoms with E-state index < -0.39 is 22.0 Å². The molecule has 0 bridgehead atoms. The molecule has 1 saturated heterocycles. The van der Waals surface area contributed by atoms with Crippen LogP contribution in [0.1, 0.15) is 32.7 Å². The van der Waals surface area contributed by atoms with E-state index in [0.29, 0.717) is 31.1 Å². The average Bonchev–Trinajstić information content (AvgIpc) is 3.05. The van der Waals surface area contributed by atoms with Crippen LogP contribution in [0.3, 0.4) is 0 Å². The van der Waals surface area contributed by atoms with Crippen LogP contribution >= 0.6 is 11.6 Å². The molecule has 0 amide bonds. The first kappa shape index (κ1) is 24.2. The van der Waals surface area contributed by atoms with Gasteiger partial charge < -0.3 is 9.47 Å². The van der Waals surface area contributed by atoms with Crippen LogP contribution in [-0.2, 0) is 26.0 Å². The quantitative estimate of drug-likeness (QED) is 0.587. The lowest BCUT2D eigenvalue weighted by atomic mass is 10.1. The summed E-state index contributed by atoms with van der Waals surface area (Å²) in [6.07, 6.45) is 0.622. The van der Waals surface area contributed by atoms with Gasteiger partial charge in [0, 0.05) is 31.2 Å². The largest absolute Gasteiger partial charge is 0.465 e. The number of sulfonamides is 1. The molecule has 1 fully saturated rings.